The van der Waals surface area contributed by atoms with Crippen molar-refractivity contribution in [3.05, 3.63) is 29.8 Å². The van der Waals surface area contributed by atoms with Crippen LogP contribution in [0.25, 0.3) is 0 Å². The Hall–Kier alpha value is -1.10. The molecular formula is C13H21NO3. The molecule has 0 spiro atoms. The van der Waals surface area contributed by atoms with Crippen molar-refractivity contribution in [2.45, 2.75) is 32.2 Å². The molecule has 4 nitrogen and oxygen atoms in total. The van der Waals surface area contributed by atoms with Crippen LogP contribution in [-0.4, -0.2) is 31.7 Å². The molecule has 0 aliphatic carbocycles. The smallest absolute Gasteiger partial charge is 0.171 e. The number of hydrogen-bond acceptors (Lipinski definition) is 4. The Balaban J connectivity index is 2.59. The van der Waals surface area contributed by atoms with Gasteiger partial charge in [0, 0.05) is 20.3 Å². The molecule has 0 radical (unpaired) electrons. The summed E-state index contributed by atoms with van der Waals surface area (Å²) in [6.07, 6.45) is -0.269. The summed E-state index contributed by atoms with van der Waals surface area (Å²) < 4.78 is 10.4. The fraction of sp³-hybridized carbons (Fsp3) is 0.538. The van der Waals surface area contributed by atoms with E-state index in [1.807, 2.05) is 19.1 Å². The third kappa shape index (κ3) is 4.00. The SMILES string of the molecule is COC(OC)C(C)NC(C)c1ccc(O)cc1. The van der Waals surface area contributed by atoms with E-state index in [1.165, 1.54) is 0 Å². The van der Waals surface area contributed by atoms with Crippen LogP contribution in [0.1, 0.15) is 25.5 Å². The molecule has 0 fully saturated rings. The number of nitrogens with one attached hydrogen (secondary N) is 1. The number of methoxy groups -OCH3 is 2. The van der Waals surface area contributed by atoms with Gasteiger partial charge in [-0.25, -0.2) is 0 Å². The topological polar surface area (TPSA) is 50.7 Å². The Bertz CT molecular complexity index is 322. The first kappa shape index (κ1) is 14.0. The van der Waals surface area contributed by atoms with Crippen molar-refractivity contribution in [3.63, 3.8) is 0 Å². The molecule has 1 aromatic rings. The highest BCUT2D eigenvalue weighted by Gasteiger charge is 2.18. The lowest BCUT2D eigenvalue weighted by atomic mass is 10.1. The molecule has 2 N–H and O–H groups in total. The molecule has 0 aliphatic rings. The first-order valence-corrected chi connectivity index (χ1v) is 5.69. The molecule has 4 heteroatoms. The fourth-order valence-electron chi connectivity index (χ4n) is 1.84. The predicted molar refractivity (Wildman–Crippen MR) is 66.9 cm³/mol. The predicted octanol–water partition coefficient (Wildman–Crippen LogP) is 2.05. The van der Waals surface area contributed by atoms with E-state index < -0.39 is 0 Å². The Morgan fingerprint density at radius 1 is 1.06 bits per heavy atom. The monoisotopic (exact) mass is 239 g/mol. The van der Waals surface area contributed by atoms with Crippen LogP contribution >= 0.6 is 0 Å². The molecule has 1 aromatic carbocycles. The highest BCUT2D eigenvalue weighted by Crippen LogP contribution is 2.17. The van der Waals surface area contributed by atoms with Crippen molar-refractivity contribution in [3.8, 4) is 5.75 Å². The second-order valence-corrected chi connectivity index (χ2v) is 4.11. The third-order valence-corrected chi connectivity index (χ3v) is 2.78. The molecule has 0 bridgehead atoms. The van der Waals surface area contributed by atoms with E-state index in [1.54, 1.807) is 26.4 Å². The van der Waals surface area contributed by atoms with Gasteiger partial charge in [0.1, 0.15) is 5.75 Å². The minimum Gasteiger partial charge on any atom is -0.508 e. The van der Waals surface area contributed by atoms with Gasteiger partial charge in [-0.1, -0.05) is 12.1 Å². The zero-order valence-corrected chi connectivity index (χ0v) is 10.8. The maximum Gasteiger partial charge on any atom is 0.171 e. The van der Waals surface area contributed by atoms with Crippen LogP contribution in [0.2, 0.25) is 0 Å². The number of benzene rings is 1. The molecule has 0 aromatic heterocycles. The molecule has 0 heterocycles. The molecule has 0 saturated heterocycles. The summed E-state index contributed by atoms with van der Waals surface area (Å²) in [5.74, 6) is 0.278. The van der Waals surface area contributed by atoms with Crippen molar-refractivity contribution in [1.82, 2.24) is 5.32 Å². The van der Waals surface area contributed by atoms with Crippen molar-refractivity contribution in [1.29, 1.82) is 0 Å². The first-order valence-electron chi connectivity index (χ1n) is 5.69. The maximum absolute atomic E-state index is 9.22. The number of ether oxygens (including phenoxy) is 2. The summed E-state index contributed by atoms with van der Waals surface area (Å²) >= 11 is 0. The Morgan fingerprint density at radius 3 is 2.06 bits per heavy atom. The largest absolute Gasteiger partial charge is 0.508 e. The number of aromatic hydroxyl groups is 1. The summed E-state index contributed by atoms with van der Waals surface area (Å²) in [5.41, 5.74) is 1.11. The number of rotatable bonds is 6. The first-order chi connectivity index (χ1) is 8.08. The Labute approximate surface area is 103 Å². The van der Waals surface area contributed by atoms with Gasteiger partial charge in [0.2, 0.25) is 0 Å². The molecule has 2 atom stereocenters. The number of hydrogen-bond donors (Lipinski definition) is 2. The van der Waals surface area contributed by atoms with Crippen LogP contribution in [0.15, 0.2) is 24.3 Å². The van der Waals surface area contributed by atoms with E-state index in [9.17, 15) is 5.11 Å². The van der Waals surface area contributed by atoms with Gasteiger partial charge >= 0.3 is 0 Å². The lowest BCUT2D eigenvalue weighted by Crippen LogP contribution is -2.40. The molecule has 17 heavy (non-hydrogen) atoms. The van der Waals surface area contributed by atoms with E-state index in [0.29, 0.717) is 0 Å². The van der Waals surface area contributed by atoms with Crippen LogP contribution < -0.4 is 5.32 Å². The van der Waals surface area contributed by atoms with E-state index >= 15 is 0 Å². The summed E-state index contributed by atoms with van der Waals surface area (Å²) in [5, 5.41) is 12.6. The van der Waals surface area contributed by atoms with Gasteiger partial charge in [-0.3, -0.25) is 0 Å². The average molecular weight is 239 g/mol. The molecule has 96 valence electrons. The number of phenols is 1. The quantitative estimate of drug-likeness (QED) is 0.746. The van der Waals surface area contributed by atoms with E-state index in [2.05, 4.69) is 12.2 Å². The normalized spacial score (nSPS) is 14.9. The van der Waals surface area contributed by atoms with Crippen LogP contribution in [0.5, 0.6) is 5.75 Å². The van der Waals surface area contributed by atoms with Crippen molar-refractivity contribution < 1.29 is 14.6 Å². The summed E-state index contributed by atoms with van der Waals surface area (Å²) in [6, 6.07) is 7.40. The molecular weight excluding hydrogens is 218 g/mol. The van der Waals surface area contributed by atoms with Gasteiger partial charge in [-0.05, 0) is 31.5 Å². The van der Waals surface area contributed by atoms with Crippen LogP contribution in [-0.2, 0) is 9.47 Å². The molecule has 0 aliphatic heterocycles. The zero-order valence-electron chi connectivity index (χ0n) is 10.8. The van der Waals surface area contributed by atoms with Crippen LogP contribution in [0, 0.1) is 0 Å². The summed E-state index contributed by atoms with van der Waals surface area (Å²) in [4.78, 5) is 0. The minimum atomic E-state index is -0.269. The Morgan fingerprint density at radius 2 is 1.59 bits per heavy atom. The lowest BCUT2D eigenvalue weighted by molar-refractivity contribution is -0.120. The van der Waals surface area contributed by atoms with Gasteiger partial charge in [0.25, 0.3) is 0 Å². The third-order valence-electron chi connectivity index (χ3n) is 2.78. The van der Waals surface area contributed by atoms with Gasteiger partial charge in [0.15, 0.2) is 6.29 Å². The highest BCUT2D eigenvalue weighted by atomic mass is 16.7. The van der Waals surface area contributed by atoms with E-state index in [-0.39, 0.29) is 24.1 Å². The highest BCUT2D eigenvalue weighted by molar-refractivity contribution is 5.27. The van der Waals surface area contributed by atoms with Gasteiger partial charge in [-0.2, -0.15) is 0 Å². The van der Waals surface area contributed by atoms with Gasteiger partial charge in [-0.15, -0.1) is 0 Å². The lowest BCUT2D eigenvalue weighted by Gasteiger charge is -2.26. The second kappa shape index (κ2) is 6.59. The van der Waals surface area contributed by atoms with Crippen molar-refractivity contribution in [2.24, 2.45) is 0 Å². The van der Waals surface area contributed by atoms with Gasteiger partial charge < -0.3 is 19.9 Å². The molecule has 0 saturated carbocycles. The average Bonchev–Trinajstić information content (AvgIpc) is 2.31. The molecule has 0 amide bonds. The van der Waals surface area contributed by atoms with Crippen molar-refractivity contribution >= 4 is 0 Å². The van der Waals surface area contributed by atoms with Crippen LogP contribution in [0.3, 0.4) is 0 Å². The minimum absolute atomic E-state index is 0.0776. The van der Waals surface area contributed by atoms with E-state index in [0.717, 1.165) is 5.56 Å². The van der Waals surface area contributed by atoms with Crippen molar-refractivity contribution in [2.75, 3.05) is 14.2 Å². The van der Waals surface area contributed by atoms with E-state index in [4.69, 9.17) is 9.47 Å². The Kier molecular flexibility index (Phi) is 5.41. The number of phenolic OH excluding ortho intramolecular Hbond substituents is 1. The summed E-state index contributed by atoms with van der Waals surface area (Å²) in [7, 11) is 3.25. The molecule has 2 unspecified atom stereocenters. The second-order valence-electron chi connectivity index (χ2n) is 4.11. The van der Waals surface area contributed by atoms with Gasteiger partial charge in [0.05, 0.1) is 6.04 Å². The maximum atomic E-state index is 9.22. The summed E-state index contributed by atoms with van der Waals surface area (Å²) in [6.45, 7) is 4.07. The molecule has 1 rings (SSSR count). The fourth-order valence-corrected chi connectivity index (χ4v) is 1.84. The van der Waals surface area contributed by atoms with Crippen LogP contribution in [0.4, 0.5) is 0 Å². The zero-order chi connectivity index (χ0) is 12.8. The standard InChI is InChI=1S/C13H21NO3/c1-9(11-5-7-12(15)8-6-11)14-10(2)13(16-3)17-4/h5-10,13-15H,1-4H3.